The Morgan fingerprint density at radius 1 is 1.33 bits per heavy atom. The number of phenols is 1. The van der Waals surface area contributed by atoms with Crippen LogP contribution in [-0.4, -0.2) is 34.6 Å². The predicted molar refractivity (Wildman–Crippen MR) is 81.5 cm³/mol. The van der Waals surface area contributed by atoms with Gasteiger partial charge in [0.2, 0.25) is 5.75 Å². The van der Waals surface area contributed by atoms with E-state index in [1.54, 1.807) is 0 Å². The number of carbonyl (C=O) groups is 2. The molecule has 1 aromatic heterocycles. The smallest absolute Gasteiger partial charge is 0.311 e. The lowest BCUT2D eigenvalue weighted by atomic mass is 10.2. The molecule has 10 nitrogen and oxygen atoms in total. The summed E-state index contributed by atoms with van der Waals surface area (Å²) in [5.41, 5.74) is 1.70. The van der Waals surface area contributed by atoms with Crippen molar-refractivity contribution in [3.63, 3.8) is 0 Å². The molecule has 0 saturated heterocycles. The number of furan rings is 1. The van der Waals surface area contributed by atoms with Crippen molar-refractivity contribution in [3.05, 3.63) is 58.0 Å². The van der Waals surface area contributed by atoms with Crippen molar-refractivity contribution in [1.29, 1.82) is 0 Å². The van der Waals surface area contributed by atoms with Crippen LogP contribution < -0.4 is 10.7 Å². The molecule has 0 atom stereocenters. The average Bonchev–Trinajstić information content (AvgIpc) is 3.08. The van der Waals surface area contributed by atoms with Crippen molar-refractivity contribution in [2.75, 3.05) is 6.54 Å². The van der Waals surface area contributed by atoms with Crippen LogP contribution in [0.2, 0.25) is 0 Å². The number of nitrogens with one attached hydrogen (secondary N) is 2. The number of nitro groups is 1. The SMILES string of the molecule is O=C(CNC(=O)c1ccco1)N/N=C\c1cccc([N+](=O)[O-])c1O. The summed E-state index contributed by atoms with van der Waals surface area (Å²) in [4.78, 5) is 33.0. The number of hydrazone groups is 1. The minimum Gasteiger partial charge on any atom is -0.502 e. The number of nitrogens with zero attached hydrogens (tertiary/aromatic N) is 2. The third-order valence-corrected chi connectivity index (χ3v) is 2.79. The average molecular weight is 332 g/mol. The van der Waals surface area contributed by atoms with Gasteiger partial charge in [0.15, 0.2) is 5.76 Å². The van der Waals surface area contributed by atoms with Crippen LogP contribution in [0.15, 0.2) is 46.1 Å². The standard InChI is InChI=1S/C14H12N4O6/c19-12(8-15-14(21)11-5-2-6-24-11)17-16-7-9-3-1-4-10(13(9)20)18(22)23/h1-7,20H,8H2,(H,15,21)(H,17,19)/b16-7-. The Kier molecular flexibility index (Phi) is 5.24. The molecule has 1 heterocycles. The summed E-state index contributed by atoms with van der Waals surface area (Å²) in [6.07, 6.45) is 2.37. The van der Waals surface area contributed by atoms with Crippen molar-refractivity contribution >= 4 is 23.7 Å². The molecule has 0 spiro atoms. The van der Waals surface area contributed by atoms with Gasteiger partial charge in [0, 0.05) is 11.6 Å². The number of phenolic OH excluding ortho intramolecular Hbond substituents is 1. The van der Waals surface area contributed by atoms with Crippen molar-refractivity contribution in [1.82, 2.24) is 10.7 Å². The molecule has 0 fully saturated rings. The Balaban J connectivity index is 1.88. The van der Waals surface area contributed by atoms with Gasteiger partial charge in [-0.05, 0) is 18.2 Å². The summed E-state index contributed by atoms with van der Waals surface area (Å²) >= 11 is 0. The van der Waals surface area contributed by atoms with Crippen molar-refractivity contribution < 1.29 is 24.0 Å². The summed E-state index contributed by atoms with van der Waals surface area (Å²) in [5.74, 6) is -1.69. The second-order valence-electron chi connectivity index (χ2n) is 4.43. The molecule has 0 aliphatic heterocycles. The van der Waals surface area contributed by atoms with Gasteiger partial charge in [-0.3, -0.25) is 19.7 Å². The zero-order valence-corrected chi connectivity index (χ0v) is 12.1. The second kappa shape index (κ2) is 7.54. The minimum atomic E-state index is -0.741. The first kappa shape index (κ1) is 16.7. The van der Waals surface area contributed by atoms with Gasteiger partial charge in [-0.1, -0.05) is 6.07 Å². The second-order valence-corrected chi connectivity index (χ2v) is 4.43. The number of hydrogen-bond donors (Lipinski definition) is 3. The number of nitro benzene ring substituents is 1. The molecule has 2 amide bonds. The van der Waals surface area contributed by atoms with Gasteiger partial charge < -0.3 is 14.8 Å². The number of hydrogen-bond acceptors (Lipinski definition) is 7. The molecule has 10 heteroatoms. The highest BCUT2D eigenvalue weighted by Crippen LogP contribution is 2.27. The van der Waals surface area contributed by atoms with E-state index >= 15 is 0 Å². The summed E-state index contributed by atoms with van der Waals surface area (Å²) < 4.78 is 4.85. The van der Waals surface area contributed by atoms with Gasteiger partial charge in [0.25, 0.3) is 11.8 Å². The molecule has 1 aromatic carbocycles. The maximum Gasteiger partial charge on any atom is 0.311 e. The number of para-hydroxylation sites is 1. The van der Waals surface area contributed by atoms with Crippen molar-refractivity contribution in [2.45, 2.75) is 0 Å². The quantitative estimate of drug-likeness (QED) is 0.404. The van der Waals surface area contributed by atoms with E-state index in [2.05, 4.69) is 15.8 Å². The molecule has 2 aromatic rings. The Morgan fingerprint density at radius 2 is 2.12 bits per heavy atom. The van der Waals surface area contributed by atoms with Crippen LogP contribution in [-0.2, 0) is 4.79 Å². The lowest BCUT2D eigenvalue weighted by Crippen LogP contribution is -2.34. The Bertz CT molecular complexity index is 785. The van der Waals surface area contributed by atoms with E-state index in [0.29, 0.717) is 0 Å². The van der Waals surface area contributed by atoms with Crippen LogP contribution in [0, 0.1) is 10.1 Å². The molecular weight excluding hydrogens is 320 g/mol. The van der Waals surface area contributed by atoms with E-state index in [9.17, 15) is 24.8 Å². The normalized spacial score (nSPS) is 10.5. The molecule has 0 radical (unpaired) electrons. The zero-order chi connectivity index (χ0) is 17.5. The fourth-order valence-electron chi connectivity index (χ4n) is 1.67. The maximum atomic E-state index is 11.5. The van der Waals surface area contributed by atoms with Crippen LogP contribution in [0.3, 0.4) is 0 Å². The number of aromatic hydroxyl groups is 1. The largest absolute Gasteiger partial charge is 0.502 e. The number of carbonyl (C=O) groups excluding carboxylic acids is 2. The molecule has 0 unspecified atom stereocenters. The summed E-state index contributed by atoms with van der Waals surface area (Å²) in [7, 11) is 0. The van der Waals surface area contributed by atoms with E-state index in [4.69, 9.17) is 4.42 Å². The van der Waals surface area contributed by atoms with Gasteiger partial charge in [-0.15, -0.1) is 0 Å². The first-order valence-corrected chi connectivity index (χ1v) is 6.59. The highest BCUT2D eigenvalue weighted by Gasteiger charge is 2.15. The molecular formula is C14H12N4O6. The van der Waals surface area contributed by atoms with Crippen LogP contribution in [0.5, 0.6) is 5.75 Å². The molecule has 3 N–H and O–H groups in total. The van der Waals surface area contributed by atoms with E-state index in [0.717, 1.165) is 12.3 Å². The third kappa shape index (κ3) is 4.16. The van der Waals surface area contributed by atoms with Gasteiger partial charge in [-0.25, -0.2) is 5.43 Å². The Labute approximate surface area is 134 Å². The van der Waals surface area contributed by atoms with Gasteiger partial charge in [0.1, 0.15) is 0 Å². The monoisotopic (exact) mass is 332 g/mol. The van der Waals surface area contributed by atoms with Gasteiger partial charge in [0.05, 0.1) is 23.9 Å². The van der Waals surface area contributed by atoms with Crippen molar-refractivity contribution in [3.8, 4) is 5.75 Å². The molecule has 24 heavy (non-hydrogen) atoms. The zero-order valence-electron chi connectivity index (χ0n) is 12.1. The van der Waals surface area contributed by atoms with Crippen LogP contribution >= 0.6 is 0 Å². The molecule has 2 rings (SSSR count). The maximum absolute atomic E-state index is 11.5. The van der Waals surface area contributed by atoms with E-state index in [-0.39, 0.29) is 17.9 Å². The topological polar surface area (TPSA) is 147 Å². The molecule has 0 saturated carbocycles. The fourth-order valence-corrected chi connectivity index (χ4v) is 1.67. The Morgan fingerprint density at radius 3 is 2.79 bits per heavy atom. The lowest BCUT2D eigenvalue weighted by Gasteiger charge is -2.02. The minimum absolute atomic E-state index is 0.0594. The van der Waals surface area contributed by atoms with Crippen LogP contribution in [0.25, 0.3) is 0 Å². The molecule has 0 aliphatic rings. The first-order valence-electron chi connectivity index (χ1n) is 6.59. The summed E-state index contributed by atoms with van der Waals surface area (Å²) in [6.45, 7) is -0.349. The van der Waals surface area contributed by atoms with E-state index < -0.39 is 28.2 Å². The van der Waals surface area contributed by atoms with E-state index in [1.165, 1.54) is 30.5 Å². The van der Waals surface area contributed by atoms with Crippen LogP contribution in [0.4, 0.5) is 5.69 Å². The molecule has 0 bridgehead atoms. The molecule has 0 aliphatic carbocycles. The van der Waals surface area contributed by atoms with Gasteiger partial charge in [-0.2, -0.15) is 5.10 Å². The summed E-state index contributed by atoms with van der Waals surface area (Å²) in [5, 5.41) is 26.3. The fraction of sp³-hybridized carbons (Fsp3) is 0.0714. The highest BCUT2D eigenvalue weighted by molar-refractivity contribution is 5.94. The highest BCUT2D eigenvalue weighted by atomic mass is 16.6. The lowest BCUT2D eigenvalue weighted by molar-refractivity contribution is -0.385. The van der Waals surface area contributed by atoms with Crippen LogP contribution in [0.1, 0.15) is 16.1 Å². The number of rotatable bonds is 6. The molecule has 124 valence electrons. The Hall–Kier alpha value is -3.69. The summed E-state index contributed by atoms with van der Waals surface area (Å²) in [6, 6.07) is 6.86. The predicted octanol–water partition coefficient (Wildman–Crippen LogP) is 0.773. The number of benzene rings is 1. The van der Waals surface area contributed by atoms with Crippen molar-refractivity contribution in [2.24, 2.45) is 5.10 Å². The first-order chi connectivity index (χ1) is 11.5. The number of amides is 2. The van der Waals surface area contributed by atoms with Gasteiger partial charge >= 0.3 is 5.69 Å². The van der Waals surface area contributed by atoms with E-state index in [1.807, 2.05) is 0 Å². The third-order valence-electron chi connectivity index (χ3n) is 2.79.